The van der Waals surface area contributed by atoms with Crippen LogP contribution >= 0.6 is 0 Å². The Balaban J connectivity index is 1.56. The summed E-state index contributed by atoms with van der Waals surface area (Å²) >= 11 is 0. The average molecular weight is 339 g/mol. The molecule has 1 aliphatic rings. The maximum absolute atomic E-state index is 12.2. The van der Waals surface area contributed by atoms with Gasteiger partial charge in [0.1, 0.15) is 5.82 Å². The van der Waals surface area contributed by atoms with Gasteiger partial charge in [-0.05, 0) is 17.7 Å². The van der Waals surface area contributed by atoms with Gasteiger partial charge in [0.2, 0.25) is 0 Å². The normalized spacial score (nSPS) is 21.2. The minimum Gasteiger partial charge on any atom is -0.396 e. The van der Waals surface area contributed by atoms with Gasteiger partial charge in [-0.2, -0.15) is 5.10 Å². The van der Waals surface area contributed by atoms with Crippen LogP contribution in [0, 0.1) is 5.92 Å². The summed E-state index contributed by atoms with van der Waals surface area (Å²) in [6.45, 7) is 2.28. The van der Waals surface area contributed by atoms with Crippen molar-refractivity contribution >= 4 is 10.9 Å². The van der Waals surface area contributed by atoms with Crippen LogP contribution < -0.4 is 5.56 Å². The second kappa shape index (κ2) is 6.42. The zero-order valence-electron chi connectivity index (χ0n) is 14.1. The zero-order valence-corrected chi connectivity index (χ0v) is 14.1. The van der Waals surface area contributed by atoms with Crippen molar-refractivity contribution in [3.05, 3.63) is 58.4 Å². The Morgan fingerprint density at radius 3 is 2.92 bits per heavy atom. The molecule has 2 aromatic heterocycles. The molecular weight excluding hydrogens is 318 g/mol. The second-order valence-electron chi connectivity index (χ2n) is 6.72. The van der Waals surface area contributed by atoms with E-state index in [9.17, 15) is 9.90 Å². The molecule has 1 fully saturated rings. The number of nitrogens with one attached hydrogen (secondary N) is 1. The summed E-state index contributed by atoms with van der Waals surface area (Å²) in [5, 5.41) is 14.6. The molecule has 0 amide bonds. The lowest BCUT2D eigenvalue weighted by Crippen LogP contribution is -2.24. The topological polar surface area (TPSA) is 87.0 Å². The number of para-hydroxylation sites is 1. The number of hydrogen-bond donors (Lipinski definition) is 2. The molecule has 7 nitrogen and oxygen atoms in total. The van der Waals surface area contributed by atoms with Crippen molar-refractivity contribution in [2.45, 2.75) is 12.5 Å². The lowest BCUT2D eigenvalue weighted by atomic mass is 9.92. The zero-order chi connectivity index (χ0) is 17.4. The van der Waals surface area contributed by atoms with Crippen LogP contribution in [0.2, 0.25) is 0 Å². The average Bonchev–Trinajstić information content (AvgIpc) is 3.20. The van der Waals surface area contributed by atoms with Gasteiger partial charge < -0.3 is 10.1 Å². The molecule has 7 heteroatoms. The van der Waals surface area contributed by atoms with E-state index in [1.807, 2.05) is 37.6 Å². The van der Waals surface area contributed by atoms with Gasteiger partial charge in [0.15, 0.2) is 0 Å². The number of likely N-dealkylation sites (tertiary alicyclic amines) is 1. The maximum atomic E-state index is 12.2. The van der Waals surface area contributed by atoms with Crippen LogP contribution in [0.5, 0.6) is 0 Å². The third-order valence-electron chi connectivity index (χ3n) is 4.94. The highest BCUT2D eigenvalue weighted by molar-refractivity contribution is 5.77. The standard InChI is InChI=1S/C18H21N5O2/c1-22-7-12(6-19-22)15-9-23(8-13(15)11-24)10-17-20-16-5-3-2-4-14(16)18(25)21-17/h2-7,13,15,24H,8-11H2,1H3,(H,20,21,25)/t13-,15-/m0/s1. The number of H-pyrrole nitrogens is 1. The minimum atomic E-state index is -0.109. The monoisotopic (exact) mass is 339 g/mol. The van der Waals surface area contributed by atoms with Gasteiger partial charge >= 0.3 is 0 Å². The van der Waals surface area contributed by atoms with Gasteiger partial charge in [-0.25, -0.2) is 4.98 Å². The van der Waals surface area contributed by atoms with Crippen LogP contribution in [0.25, 0.3) is 10.9 Å². The number of rotatable bonds is 4. The van der Waals surface area contributed by atoms with E-state index in [1.165, 1.54) is 0 Å². The molecule has 1 aromatic carbocycles. The van der Waals surface area contributed by atoms with Crippen LogP contribution in [-0.2, 0) is 13.6 Å². The van der Waals surface area contributed by atoms with E-state index in [-0.39, 0.29) is 24.0 Å². The molecule has 3 heterocycles. The van der Waals surface area contributed by atoms with Gasteiger partial charge in [0, 0.05) is 44.8 Å². The van der Waals surface area contributed by atoms with Gasteiger partial charge in [-0.15, -0.1) is 0 Å². The lowest BCUT2D eigenvalue weighted by molar-refractivity contribution is 0.213. The van der Waals surface area contributed by atoms with Crippen LogP contribution in [0.15, 0.2) is 41.5 Å². The first kappa shape index (κ1) is 16.0. The van der Waals surface area contributed by atoms with Crippen LogP contribution in [-0.4, -0.2) is 49.5 Å². The van der Waals surface area contributed by atoms with Crippen molar-refractivity contribution in [3.63, 3.8) is 0 Å². The largest absolute Gasteiger partial charge is 0.396 e. The van der Waals surface area contributed by atoms with Crippen molar-refractivity contribution in [1.29, 1.82) is 0 Å². The highest BCUT2D eigenvalue weighted by atomic mass is 16.3. The molecule has 1 saturated heterocycles. The Kier molecular flexibility index (Phi) is 4.10. The highest BCUT2D eigenvalue weighted by Crippen LogP contribution is 2.32. The van der Waals surface area contributed by atoms with Gasteiger partial charge in [-0.1, -0.05) is 12.1 Å². The molecule has 25 heavy (non-hydrogen) atoms. The third-order valence-corrected chi connectivity index (χ3v) is 4.94. The fourth-order valence-electron chi connectivity index (χ4n) is 3.71. The predicted molar refractivity (Wildman–Crippen MR) is 94.2 cm³/mol. The van der Waals surface area contributed by atoms with E-state index in [1.54, 1.807) is 10.7 Å². The van der Waals surface area contributed by atoms with Gasteiger partial charge in [0.25, 0.3) is 5.56 Å². The quantitative estimate of drug-likeness (QED) is 0.736. The first-order valence-electron chi connectivity index (χ1n) is 8.43. The molecule has 0 radical (unpaired) electrons. The Morgan fingerprint density at radius 1 is 1.32 bits per heavy atom. The van der Waals surface area contributed by atoms with E-state index in [0.717, 1.165) is 18.7 Å². The summed E-state index contributed by atoms with van der Waals surface area (Å²) in [4.78, 5) is 21.9. The first-order valence-corrected chi connectivity index (χ1v) is 8.43. The number of fused-ring (bicyclic) bond motifs is 1. The number of aliphatic hydroxyl groups is 1. The summed E-state index contributed by atoms with van der Waals surface area (Å²) in [7, 11) is 1.90. The molecule has 0 spiro atoms. The molecule has 3 aromatic rings. The second-order valence-corrected chi connectivity index (χ2v) is 6.72. The number of benzene rings is 1. The molecule has 0 bridgehead atoms. The number of aromatic amines is 1. The van der Waals surface area contributed by atoms with Gasteiger partial charge in [0.05, 0.1) is 23.6 Å². The summed E-state index contributed by atoms with van der Waals surface area (Å²) in [5.41, 5.74) is 1.74. The summed E-state index contributed by atoms with van der Waals surface area (Å²) in [5.74, 6) is 1.06. The molecule has 0 aliphatic carbocycles. The van der Waals surface area contributed by atoms with Crippen LogP contribution in [0.1, 0.15) is 17.3 Å². The Labute approximate surface area is 144 Å². The predicted octanol–water partition coefficient (Wildman–Crippen LogP) is 0.864. The highest BCUT2D eigenvalue weighted by Gasteiger charge is 2.34. The van der Waals surface area contributed by atoms with E-state index in [4.69, 9.17) is 0 Å². The molecule has 130 valence electrons. The van der Waals surface area contributed by atoms with Crippen molar-refractivity contribution in [2.75, 3.05) is 19.7 Å². The Bertz CT molecular complexity index is 948. The molecule has 2 N–H and O–H groups in total. The number of aromatic nitrogens is 4. The first-order chi connectivity index (χ1) is 12.1. The molecular formula is C18H21N5O2. The number of aryl methyl sites for hydroxylation is 1. The number of hydrogen-bond acceptors (Lipinski definition) is 5. The molecule has 2 atom stereocenters. The fraction of sp³-hybridized carbons (Fsp3) is 0.389. The van der Waals surface area contributed by atoms with Crippen LogP contribution in [0.4, 0.5) is 0 Å². The van der Waals surface area contributed by atoms with E-state index in [0.29, 0.717) is 23.3 Å². The molecule has 0 unspecified atom stereocenters. The summed E-state index contributed by atoms with van der Waals surface area (Å²) in [6, 6.07) is 7.35. The Morgan fingerprint density at radius 2 is 2.16 bits per heavy atom. The molecule has 0 saturated carbocycles. The Hall–Kier alpha value is -2.51. The molecule has 1 aliphatic heterocycles. The van der Waals surface area contributed by atoms with Crippen molar-refractivity contribution in [2.24, 2.45) is 13.0 Å². The lowest BCUT2D eigenvalue weighted by Gasteiger charge is -2.15. The molecule has 4 rings (SSSR count). The summed E-state index contributed by atoms with van der Waals surface area (Å²) in [6.07, 6.45) is 3.87. The van der Waals surface area contributed by atoms with E-state index < -0.39 is 0 Å². The van der Waals surface area contributed by atoms with Crippen molar-refractivity contribution in [1.82, 2.24) is 24.6 Å². The number of aliphatic hydroxyl groups excluding tert-OH is 1. The fourth-order valence-corrected chi connectivity index (χ4v) is 3.71. The van der Waals surface area contributed by atoms with Crippen molar-refractivity contribution < 1.29 is 5.11 Å². The summed E-state index contributed by atoms with van der Waals surface area (Å²) < 4.78 is 1.79. The number of nitrogens with zero attached hydrogens (tertiary/aromatic N) is 4. The maximum Gasteiger partial charge on any atom is 0.258 e. The minimum absolute atomic E-state index is 0.109. The van der Waals surface area contributed by atoms with Gasteiger partial charge in [-0.3, -0.25) is 14.4 Å². The smallest absolute Gasteiger partial charge is 0.258 e. The van der Waals surface area contributed by atoms with Crippen LogP contribution in [0.3, 0.4) is 0 Å². The third kappa shape index (κ3) is 3.08. The SMILES string of the molecule is Cn1cc([C@@H]2CN(Cc3nc4ccccc4c(=O)[nH]3)C[C@H]2CO)cn1. The van der Waals surface area contributed by atoms with Crippen molar-refractivity contribution in [3.8, 4) is 0 Å². The van der Waals surface area contributed by atoms with E-state index in [2.05, 4.69) is 20.0 Å². The van der Waals surface area contributed by atoms with E-state index >= 15 is 0 Å².